The van der Waals surface area contributed by atoms with E-state index in [0.29, 0.717) is 6.04 Å². The van der Waals surface area contributed by atoms with Gasteiger partial charge in [-0.15, -0.1) is 0 Å². The second kappa shape index (κ2) is 7.66. The maximum absolute atomic E-state index is 6.34. The molecule has 0 heterocycles. The Bertz CT molecular complexity index is 408. The summed E-state index contributed by atoms with van der Waals surface area (Å²) in [5.41, 5.74) is 1.30. The number of nitrogens with one attached hydrogen (secondary N) is 1. The summed E-state index contributed by atoms with van der Waals surface area (Å²) in [6, 6.07) is 6.97. The molecule has 1 fully saturated rings. The summed E-state index contributed by atoms with van der Waals surface area (Å²) in [7, 11) is 0. The SMILES string of the molecule is CCNC1CCCCC(Cc2ccc(Br)cc2Cl)C1. The third-order valence-electron chi connectivity index (χ3n) is 4.05. The summed E-state index contributed by atoms with van der Waals surface area (Å²) in [6.07, 6.45) is 7.81. The van der Waals surface area contributed by atoms with Crippen molar-refractivity contribution in [2.24, 2.45) is 5.92 Å². The van der Waals surface area contributed by atoms with Crippen molar-refractivity contribution in [3.8, 4) is 0 Å². The molecule has 19 heavy (non-hydrogen) atoms. The van der Waals surface area contributed by atoms with E-state index in [9.17, 15) is 0 Å². The molecular weight excluding hydrogens is 322 g/mol. The third kappa shape index (κ3) is 4.77. The van der Waals surface area contributed by atoms with Crippen LogP contribution in [0.25, 0.3) is 0 Å². The minimum Gasteiger partial charge on any atom is -0.314 e. The van der Waals surface area contributed by atoms with Crippen molar-refractivity contribution in [1.29, 1.82) is 0 Å². The molecule has 0 spiro atoms. The van der Waals surface area contributed by atoms with Crippen LogP contribution in [0.4, 0.5) is 0 Å². The Morgan fingerprint density at radius 1 is 1.32 bits per heavy atom. The van der Waals surface area contributed by atoms with Gasteiger partial charge in [0.1, 0.15) is 0 Å². The van der Waals surface area contributed by atoms with E-state index in [-0.39, 0.29) is 0 Å². The summed E-state index contributed by atoms with van der Waals surface area (Å²) in [5.74, 6) is 0.769. The molecule has 1 aliphatic rings. The Morgan fingerprint density at radius 2 is 2.11 bits per heavy atom. The highest BCUT2D eigenvalue weighted by Crippen LogP contribution is 2.30. The molecular formula is C16H23BrClN. The minimum atomic E-state index is 0.701. The second-order valence-corrected chi connectivity index (χ2v) is 6.90. The lowest BCUT2D eigenvalue weighted by molar-refractivity contribution is 0.389. The summed E-state index contributed by atoms with van der Waals surface area (Å²) in [6.45, 7) is 3.28. The maximum Gasteiger partial charge on any atom is 0.0449 e. The predicted molar refractivity (Wildman–Crippen MR) is 86.9 cm³/mol. The lowest BCUT2D eigenvalue weighted by Gasteiger charge is -2.21. The van der Waals surface area contributed by atoms with Crippen LogP contribution in [-0.4, -0.2) is 12.6 Å². The van der Waals surface area contributed by atoms with E-state index in [1.54, 1.807) is 0 Å². The zero-order valence-corrected chi connectivity index (χ0v) is 13.9. The largest absolute Gasteiger partial charge is 0.314 e. The van der Waals surface area contributed by atoms with Gasteiger partial charge in [0.25, 0.3) is 0 Å². The molecule has 0 saturated heterocycles. The summed E-state index contributed by atoms with van der Waals surface area (Å²) in [5, 5.41) is 4.52. The highest BCUT2D eigenvalue weighted by atomic mass is 79.9. The molecule has 1 aromatic rings. The minimum absolute atomic E-state index is 0.701. The molecule has 0 amide bonds. The van der Waals surface area contributed by atoms with Gasteiger partial charge < -0.3 is 5.32 Å². The number of rotatable bonds is 4. The molecule has 2 atom stereocenters. The molecule has 106 valence electrons. The average Bonchev–Trinajstić information content (AvgIpc) is 2.59. The average molecular weight is 345 g/mol. The molecule has 0 aromatic heterocycles. The molecule has 3 heteroatoms. The van der Waals surface area contributed by atoms with Gasteiger partial charge in [-0.2, -0.15) is 0 Å². The Balaban J connectivity index is 2.00. The van der Waals surface area contributed by atoms with E-state index in [1.807, 2.05) is 6.07 Å². The normalized spacial score (nSPS) is 24.2. The first-order valence-corrected chi connectivity index (χ1v) is 8.53. The van der Waals surface area contributed by atoms with Crippen LogP contribution in [-0.2, 0) is 6.42 Å². The second-order valence-electron chi connectivity index (χ2n) is 5.58. The molecule has 1 aliphatic carbocycles. The van der Waals surface area contributed by atoms with Gasteiger partial charge >= 0.3 is 0 Å². The first-order chi connectivity index (χ1) is 9.19. The molecule has 0 aliphatic heterocycles. The Kier molecular flexibility index (Phi) is 6.18. The van der Waals surface area contributed by atoms with Crippen LogP contribution in [0.1, 0.15) is 44.6 Å². The zero-order valence-electron chi connectivity index (χ0n) is 11.6. The van der Waals surface area contributed by atoms with Crippen molar-refractivity contribution in [3.05, 3.63) is 33.3 Å². The van der Waals surface area contributed by atoms with Crippen molar-refractivity contribution in [2.75, 3.05) is 6.54 Å². The van der Waals surface area contributed by atoms with Crippen LogP contribution < -0.4 is 5.32 Å². The number of hydrogen-bond acceptors (Lipinski definition) is 1. The molecule has 1 nitrogen and oxygen atoms in total. The molecule has 2 rings (SSSR count). The molecule has 1 N–H and O–H groups in total. The van der Waals surface area contributed by atoms with Gasteiger partial charge in [0.2, 0.25) is 0 Å². The summed E-state index contributed by atoms with van der Waals surface area (Å²) in [4.78, 5) is 0. The van der Waals surface area contributed by atoms with E-state index < -0.39 is 0 Å². The Morgan fingerprint density at radius 3 is 2.84 bits per heavy atom. The van der Waals surface area contributed by atoms with Crippen molar-refractivity contribution in [1.82, 2.24) is 5.32 Å². The maximum atomic E-state index is 6.34. The molecule has 2 unspecified atom stereocenters. The van der Waals surface area contributed by atoms with Crippen LogP contribution in [0.2, 0.25) is 5.02 Å². The van der Waals surface area contributed by atoms with Crippen LogP contribution in [0.5, 0.6) is 0 Å². The number of benzene rings is 1. The van der Waals surface area contributed by atoms with Gasteiger partial charge in [0.05, 0.1) is 0 Å². The van der Waals surface area contributed by atoms with E-state index >= 15 is 0 Å². The fourth-order valence-corrected chi connectivity index (χ4v) is 3.87. The predicted octanol–water partition coefficient (Wildman–Crippen LogP) is 5.20. The zero-order chi connectivity index (χ0) is 13.7. The van der Waals surface area contributed by atoms with E-state index in [4.69, 9.17) is 11.6 Å². The standard InChI is InChI=1S/C16H23BrClN/c1-2-19-15-6-4-3-5-12(10-15)9-13-7-8-14(17)11-16(13)18/h7-8,11-12,15,19H,2-6,9-10H2,1H3. The smallest absolute Gasteiger partial charge is 0.0449 e. The van der Waals surface area contributed by atoms with Crippen molar-refractivity contribution < 1.29 is 0 Å². The van der Waals surface area contributed by atoms with Crippen molar-refractivity contribution in [3.63, 3.8) is 0 Å². The molecule has 0 radical (unpaired) electrons. The van der Waals surface area contributed by atoms with Gasteiger partial charge in [0.15, 0.2) is 0 Å². The fraction of sp³-hybridized carbons (Fsp3) is 0.625. The Hall–Kier alpha value is -0.0500. The quantitative estimate of drug-likeness (QED) is 0.740. The van der Waals surface area contributed by atoms with Crippen molar-refractivity contribution >= 4 is 27.5 Å². The van der Waals surface area contributed by atoms with Gasteiger partial charge in [-0.1, -0.05) is 59.8 Å². The summed E-state index contributed by atoms with van der Waals surface area (Å²) >= 11 is 9.81. The van der Waals surface area contributed by atoms with Gasteiger partial charge in [-0.25, -0.2) is 0 Å². The third-order valence-corrected chi connectivity index (χ3v) is 4.89. The Labute approximate surface area is 130 Å². The van der Waals surface area contributed by atoms with Gasteiger partial charge in [-0.05, 0) is 49.4 Å². The highest BCUT2D eigenvalue weighted by Gasteiger charge is 2.20. The van der Waals surface area contributed by atoms with Crippen LogP contribution in [0, 0.1) is 5.92 Å². The van der Waals surface area contributed by atoms with Crippen molar-refractivity contribution in [2.45, 2.75) is 51.5 Å². The van der Waals surface area contributed by atoms with E-state index in [2.05, 4.69) is 40.3 Å². The van der Waals surface area contributed by atoms with Gasteiger partial charge in [0, 0.05) is 15.5 Å². The first kappa shape index (κ1) is 15.3. The lowest BCUT2D eigenvalue weighted by atomic mass is 9.91. The van der Waals surface area contributed by atoms with E-state index in [0.717, 1.165) is 28.4 Å². The topological polar surface area (TPSA) is 12.0 Å². The highest BCUT2D eigenvalue weighted by molar-refractivity contribution is 9.10. The molecule has 0 bridgehead atoms. The fourth-order valence-electron chi connectivity index (χ4n) is 3.12. The lowest BCUT2D eigenvalue weighted by Crippen LogP contribution is -2.30. The van der Waals surface area contributed by atoms with Crippen LogP contribution in [0.15, 0.2) is 22.7 Å². The molecule has 1 aromatic carbocycles. The van der Waals surface area contributed by atoms with Crippen LogP contribution in [0.3, 0.4) is 0 Å². The molecule has 1 saturated carbocycles. The first-order valence-electron chi connectivity index (χ1n) is 7.36. The van der Waals surface area contributed by atoms with Gasteiger partial charge in [-0.3, -0.25) is 0 Å². The number of halogens is 2. The van der Waals surface area contributed by atoms with Crippen LogP contribution >= 0.6 is 27.5 Å². The van der Waals surface area contributed by atoms with E-state index in [1.165, 1.54) is 37.7 Å². The monoisotopic (exact) mass is 343 g/mol. The number of hydrogen-bond donors (Lipinski definition) is 1. The summed E-state index contributed by atoms with van der Waals surface area (Å²) < 4.78 is 1.06.